The number of aliphatic carboxylic acids is 1. The van der Waals surface area contributed by atoms with Crippen LogP contribution in [0.1, 0.15) is 35.6 Å². The molecule has 154 valence electrons. The third kappa shape index (κ3) is 5.46. The molecule has 0 spiro atoms. The standard InChI is InChI=1S/C22H25NO5S/c1-2-17-12-13-18-10-6-7-11-19(18)20(17)28-21(22(24)25)23-29(26,27)15-14-16-8-4-3-5-9-16/h3-6,8-10,12-13,21,23H,2,7,11,14-15H2,1H3,(H,24,25). The molecule has 0 bridgehead atoms. The summed E-state index contributed by atoms with van der Waals surface area (Å²) in [6.07, 6.45) is 4.84. The van der Waals surface area contributed by atoms with E-state index in [1.54, 1.807) is 0 Å². The van der Waals surface area contributed by atoms with E-state index in [4.69, 9.17) is 4.74 Å². The zero-order chi connectivity index (χ0) is 20.9. The van der Waals surface area contributed by atoms with Gasteiger partial charge in [-0.3, -0.25) is 0 Å². The molecule has 1 unspecified atom stereocenters. The number of rotatable bonds is 9. The molecule has 7 heteroatoms. The minimum atomic E-state index is -3.85. The lowest BCUT2D eigenvalue weighted by molar-refractivity contribution is -0.145. The molecule has 3 rings (SSSR count). The molecule has 29 heavy (non-hydrogen) atoms. The Bertz CT molecular complexity index is 999. The lowest BCUT2D eigenvalue weighted by Crippen LogP contribution is -2.46. The molecule has 0 aliphatic heterocycles. The fraction of sp³-hybridized carbons (Fsp3) is 0.318. The first-order valence-electron chi connectivity index (χ1n) is 9.64. The maximum Gasteiger partial charge on any atom is 0.361 e. The summed E-state index contributed by atoms with van der Waals surface area (Å²) in [5.41, 5.74) is 3.61. The lowest BCUT2D eigenvalue weighted by atomic mass is 9.93. The van der Waals surface area contributed by atoms with Crippen molar-refractivity contribution >= 4 is 22.1 Å². The van der Waals surface area contributed by atoms with Crippen LogP contribution in [0.15, 0.2) is 48.5 Å². The molecule has 2 aromatic carbocycles. The minimum absolute atomic E-state index is 0.222. The quantitative estimate of drug-likeness (QED) is 0.614. The first-order chi connectivity index (χ1) is 13.9. The minimum Gasteiger partial charge on any atom is -0.477 e. The number of hydrogen-bond donors (Lipinski definition) is 2. The SMILES string of the molecule is CCc1ccc2c(c1OC(NS(=O)(=O)CCc1ccccc1)C(=O)O)CCC=C2. The Hall–Kier alpha value is -2.64. The third-order valence-electron chi connectivity index (χ3n) is 4.87. The molecule has 0 saturated heterocycles. The van der Waals surface area contributed by atoms with Crippen LogP contribution < -0.4 is 9.46 Å². The summed E-state index contributed by atoms with van der Waals surface area (Å²) in [5.74, 6) is -1.13. The van der Waals surface area contributed by atoms with Crippen LogP contribution in [-0.2, 0) is 34.1 Å². The number of sulfonamides is 1. The van der Waals surface area contributed by atoms with Crippen molar-refractivity contribution in [3.8, 4) is 5.75 Å². The summed E-state index contributed by atoms with van der Waals surface area (Å²) in [6, 6.07) is 13.1. The van der Waals surface area contributed by atoms with Crippen LogP contribution in [-0.4, -0.2) is 31.5 Å². The Morgan fingerprint density at radius 1 is 1.21 bits per heavy atom. The number of aryl methyl sites for hydroxylation is 2. The van der Waals surface area contributed by atoms with E-state index >= 15 is 0 Å². The Balaban J connectivity index is 1.79. The number of allylic oxidation sites excluding steroid dienone is 1. The molecule has 2 aromatic rings. The van der Waals surface area contributed by atoms with Gasteiger partial charge in [-0.1, -0.05) is 61.5 Å². The van der Waals surface area contributed by atoms with Crippen LogP contribution in [0, 0.1) is 0 Å². The Labute approximate surface area is 171 Å². The van der Waals surface area contributed by atoms with E-state index in [2.05, 4.69) is 10.8 Å². The number of carboxylic acids is 1. The zero-order valence-corrected chi connectivity index (χ0v) is 17.1. The fourth-order valence-corrected chi connectivity index (χ4v) is 4.43. The summed E-state index contributed by atoms with van der Waals surface area (Å²) in [7, 11) is -3.85. The number of fused-ring (bicyclic) bond motifs is 1. The summed E-state index contributed by atoms with van der Waals surface area (Å²) >= 11 is 0. The van der Waals surface area contributed by atoms with Crippen LogP contribution in [0.3, 0.4) is 0 Å². The molecule has 2 N–H and O–H groups in total. The van der Waals surface area contributed by atoms with Gasteiger partial charge in [-0.25, -0.2) is 13.2 Å². The molecular weight excluding hydrogens is 390 g/mol. The van der Waals surface area contributed by atoms with Crippen LogP contribution in [0.5, 0.6) is 5.75 Å². The second kappa shape index (κ2) is 9.24. The van der Waals surface area contributed by atoms with Crippen LogP contribution in [0.2, 0.25) is 0 Å². The molecule has 0 fully saturated rings. The Morgan fingerprint density at radius 3 is 2.66 bits per heavy atom. The summed E-state index contributed by atoms with van der Waals surface area (Å²) in [4.78, 5) is 11.8. The predicted octanol–water partition coefficient (Wildman–Crippen LogP) is 3.16. The van der Waals surface area contributed by atoms with Gasteiger partial charge in [0.2, 0.25) is 10.0 Å². The topological polar surface area (TPSA) is 92.7 Å². The van der Waals surface area contributed by atoms with E-state index in [-0.39, 0.29) is 12.2 Å². The van der Waals surface area contributed by atoms with Gasteiger partial charge in [0.05, 0.1) is 5.75 Å². The first-order valence-corrected chi connectivity index (χ1v) is 11.3. The first kappa shape index (κ1) is 21.1. The highest BCUT2D eigenvalue weighted by Crippen LogP contribution is 2.33. The highest BCUT2D eigenvalue weighted by atomic mass is 32.2. The van der Waals surface area contributed by atoms with E-state index < -0.39 is 22.2 Å². The average Bonchev–Trinajstić information content (AvgIpc) is 2.72. The third-order valence-corrected chi connectivity index (χ3v) is 6.18. The summed E-state index contributed by atoms with van der Waals surface area (Å²) < 4.78 is 32.9. The van der Waals surface area contributed by atoms with Crippen molar-refractivity contribution in [2.24, 2.45) is 0 Å². The number of nitrogens with one attached hydrogen (secondary N) is 1. The predicted molar refractivity (Wildman–Crippen MR) is 112 cm³/mol. The molecule has 1 atom stereocenters. The van der Waals surface area contributed by atoms with Crippen LogP contribution in [0.4, 0.5) is 0 Å². The Morgan fingerprint density at radius 2 is 1.97 bits per heavy atom. The molecule has 6 nitrogen and oxygen atoms in total. The van der Waals surface area contributed by atoms with Crippen molar-refractivity contribution in [3.63, 3.8) is 0 Å². The van der Waals surface area contributed by atoms with Crippen molar-refractivity contribution in [3.05, 3.63) is 70.8 Å². The van der Waals surface area contributed by atoms with Gasteiger partial charge in [0.15, 0.2) is 0 Å². The molecule has 0 radical (unpaired) electrons. The van der Waals surface area contributed by atoms with Crippen molar-refractivity contribution in [2.75, 3.05) is 5.75 Å². The van der Waals surface area contributed by atoms with E-state index in [9.17, 15) is 18.3 Å². The van der Waals surface area contributed by atoms with Crippen molar-refractivity contribution < 1.29 is 23.1 Å². The second-order valence-corrected chi connectivity index (χ2v) is 8.80. The number of carboxylic acid groups (broad SMARTS) is 1. The number of ether oxygens (including phenoxy) is 1. The average molecular weight is 416 g/mol. The zero-order valence-electron chi connectivity index (χ0n) is 16.3. The largest absolute Gasteiger partial charge is 0.477 e. The monoisotopic (exact) mass is 415 g/mol. The number of carbonyl (C=O) groups is 1. The lowest BCUT2D eigenvalue weighted by Gasteiger charge is -2.23. The van der Waals surface area contributed by atoms with Gasteiger partial charge in [0.25, 0.3) is 6.23 Å². The van der Waals surface area contributed by atoms with Gasteiger partial charge in [-0.05, 0) is 42.4 Å². The van der Waals surface area contributed by atoms with Crippen LogP contribution >= 0.6 is 0 Å². The summed E-state index contributed by atoms with van der Waals surface area (Å²) in [5, 5.41) is 9.58. The van der Waals surface area contributed by atoms with E-state index in [1.807, 2.05) is 55.5 Å². The van der Waals surface area contributed by atoms with Gasteiger partial charge >= 0.3 is 5.97 Å². The number of benzene rings is 2. The van der Waals surface area contributed by atoms with Gasteiger partial charge in [-0.2, -0.15) is 4.72 Å². The van der Waals surface area contributed by atoms with Crippen molar-refractivity contribution in [1.29, 1.82) is 0 Å². The van der Waals surface area contributed by atoms with Gasteiger partial charge in [-0.15, -0.1) is 0 Å². The second-order valence-electron chi connectivity index (χ2n) is 6.92. The molecule has 0 amide bonds. The maximum absolute atomic E-state index is 12.5. The molecule has 1 aliphatic carbocycles. The van der Waals surface area contributed by atoms with E-state index in [0.717, 1.165) is 35.1 Å². The molecule has 0 aromatic heterocycles. The van der Waals surface area contributed by atoms with Crippen molar-refractivity contribution in [2.45, 2.75) is 38.8 Å². The van der Waals surface area contributed by atoms with Crippen molar-refractivity contribution in [1.82, 2.24) is 4.72 Å². The van der Waals surface area contributed by atoms with Gasteiger partial charge in [0.1, 0.15) is 5.75 Å². The molecular formula is C22H25NO5S. The Kier molecular flexibility index (Phi) is 6.71. The summed E-state index contributed by atoms with van der Waals surface area (Å²) in [6.45, 7) is 1.95. The highest BCUT2D eigenvalue weighted by Gasteiger charge is 2.28. The van der Waals surface area contributed by atoms with Gasteiger partial charge in [0, 0.05) is 5.56 Å². The smallest absolute Gasteiger partial charge is 0.361 e. The fourth-order valence-electron chi connectivity index (χ4n) is 3.33. The molecule has 0 saturated carbocycles. The van der Waals surface area contributed by atoms with Crippen LogP contribution in [0.25, 0.3) is 6.08 Å². The van der Waals surface area contributed by atoms with E-state index in [1.165, 1.54) is 0 Å². The van der Waals surface area contributed by atoms with E-state index in [0.29, 0.717) is 12.2 Å². The number of hydrogen-bond acceptors (Lipinski definition) is 4. The maximum atomic E-state index is 12.5. The highest BCUT2D eigenvalue weighted by molar-refractivity contribution is 7.89. The molecule has 1 aliphatic rings. The normalized spacial score (nSPS) is 14.2. The molecule has 0 heterocycles. The van der Waals surface area contributed by atoms with Gasteiger partial charge < -0.3 is 9.84 Å².